The smallest absolute Gasteiger partial charge is 0.137 e. The van der Waals surface area contributed by atoms with Crippen molar-refractivity contribution in [1.29, 1.82) is 0 Å². The second-order valence-corrected chi connectivity index (χ2v) is 5.45. The number of benzene rings is 1. The van der Waals surface area contributed by atoms with Crippen molar-refractivity contribution in [1.82, 2.24) is 15.2 Å². The van der Waals surface area contributed by atoms with Gasteiger partial charge in [0.2, 0.25) is 0 Å². The number of nitrogens with two attached hydrogens (primary N) is 1. The minimum atomic E-state index is -0.203. The Morgan fingerprint density at radius 1 is 1.29 bits per heavy atom. The third-order valence-corrected chi connectivity index (χ3v) is 4.06. The molecule has 2 heterocycles. The first-order chi connectivity index (χ1) is 10.0. The van der Waals surface area contributed by atoms with Gasteiger partial charge in [-0.25, -0.2) is 5.43 Å². The van der Waals surface area contributed by atoms with Crippen LogP contribution in [0.2, 0.25) is 0 Å². The standard InChI is InChI=1S/C16H20N4O/c1-9-6-5-7-12-8-13(21-16(9)12)15(18-17)14-10(2)19-20(4)11(14)3/h5-8,15,18H,17H2,1-4H3. The summed E-state index contributed by atoms with van der Waals surface area (Å²) in [5, 5.41) is 5.54. The molecule has 0 saturated carbocycles. The molecule has 0 aliphatic heterocycles. The predicted octanol–water partition coefficient (Wildman–Crippen LogP) is 2.64. The van der Waals surface area contributed by atoms with Crippen molar-refractivity contribution in [3.05, 3.63) is 52.5 Å². The number of hydrogen-bond donors (Lipinski definition) is 2. The molecule has 0 radical (unpaired) electrons. The van der Waals surface area contributed by atoms with Gasteiger partial charge in [-0.1, -0.05) is 18.2 Å². The third-order valence-electron chi connectivity index (χ3n) is 4.06. The molecule has 0 saturated heterocycles. The molecule has 0 aliphatic rings. The normalized spacial score (nSPS) is 13.0. The van der Waals surface area contributed by atoms with E-state index in [4.69, 9.17) is 10.3 Å². The fourth-order valence-electron chi connectivity index (χ4n) is 2.89. The molecule has 3 aromatic rings. The Balaban J connectivity index is 2.16. The van der Waals surface area contributed by atoms with Gasteiger partial charge in [0.05, 0.1) is 5.69 Å². The Kier molecular flexibility index (Phi) is 3.31. The minimum absolute atomic E-state index is 0.203. The molecule has 0 fully saturated rings. The van der Waals surface area contributed by atoms with Crippen LogP contribution < -0.4 is 11.3 Å². The van der Waals surface area contributed by atoms with E-state index in [1.807, 2.05) is 56.8 Å². The second-order valence-electron chi connectivity index (χ2n) is 5.45. The van der Waals surface area contributed by atoms with E-state index in [1.54, 1.807) is 0 Å². The van der Waals surface area contributed by atoms with Crippen LogP contribution in [-0.4, -0.2) is 9.78 Å². The number of aromatic nitrogens is 2. The van der Waals surface area contributed by atoms with E-state index in [9.17, 15) is 0 Å². The first-order valence-electron chi connectivity index (χ1n) is 6.98. The number of furan rings is 1. The van der Waals surface area contributed by atoms with E-state index >= 15 is 0 Å². The molecule has 1 atom stereocenters. The molecule has 110 valence electrons. The molecule has 5 heteroatoms. The lowest BCUT2D eigenvalue weighted by Gasteiger charge is -2.14. The highest BCUT2D eigenvalue weighted by atomic mass is 16.3. The van der Waals surface area contributed by atoms with Gasteiger partial charge in [0, 0.05) is 23.7 Å². The van der Waals surface area contributed by atoms with Crippen molar-refractivity contribution in [3.8, 4) is 0 Å². The van der Waals surface area contributed by atoms with Crippen LogP contribution in [0.5, 0.6) is 0 Å². The number of hydrazine groups is 1. The van der Waals surface area contributed by atoms with Gasteiger partial charge in [-0.15, -0.1) is 0 Å². The maximum Gasteiger partial charge on any atom is 0.137 e. The summed E-state index contributed by atoms with van der Waals surface area (Å²) in [6, 6.07) is 7.96. The van der Waals surface area contributed by atoms with Crippen molar-refractivity contribution in [2.24, 2.45) is 12.9 Å². The van der Waals surface area contributed by atoms with Gasteiger partial charge in [0.25, 0.3) is 0 Å². The number of aryl methyl sites for hydroxylation is 3. The van der Waals surface area contributed by atoms with E-state index < -0.39 is 0 Å². The molecule has 2 aromatic heterocycles. The largest absolute Gasteiger partial charge is 0.459 e. The molecule has 3 rings (SSSR count). The molecule has 1 unspecified atom stereocenters. The lowest BCUT2D eigenvalue weighted by molar-refractivity contribution is 0.474. The van der Waals surface area contributed by atoms with Crippen LogP contribution in [0.15, 0.2) is 28.7 Å². The zero-order valence-electron chi connectivity index (χ0n) is 12.8. The fraction of sp³-hybridized carbons (Fsp3) is 0.312. The van der Waals surface area contributed by atoms with E-state index in [1.165, 1.54) is 0 Å². The maximum absolute atomic E-state index is 6.05. The van der Waals surface area contributed by atoms with Crippen LogP contribution in [-0.2, 0) is 7.05 Å². The SMILES string of the molecule is Cc1nn(C)c(C)c1C(NN)c1cc2cccc(C)c2o1. The number of para-hydroxylation sites is 1. The summed E-state index contributed by atoms with van der Waals surface area (Å²) in [6.07, 6.45) is 0. The van der Waals surface area contributed by atoms with E-state index in [2.05, 4.69) is 10.5 Å². The van der Waals surface area contributed by atoms with Gasteiger partial charge in [0.1, 0.15) is 17.4 Å². The van der Waals surface area contributed by atoms with Gasteiger partial charge >= 0.3 is 0 Å². The molecule has 5 nitrogen and oxygen atoms in total. The zero-order valence-corrected chi connectivity index (χ0v) is 12.8. The van der Waals surface area contributed by atoms with Crippen molar-refractivity contribution in [2.45, 2.75) is 26.8 Å². The minimum Gasteiger partial charge on any atom is -0.459 e. The van der Waals surface area contributed by atoms with Gasteiger partial charge in [-0.2, -0.15) is 5.10 Å². The summed E-state index contributed by atoms with van der Waals surface area (Å²) in [4.78, 5) is 0. The van der Waals surface area contributed by atoms with Crippen molar-refractivity contribution < 1.29 is 4.42 Å². The summed E-state index contributed by atoms with van der Waals surface area (Å²) in [6.45, 7) is 6.06. The third kappa shape index (κ3) is 2.14. The Bertz CT molecular complexity index is 800. The van der Waals surface area contributed by atoms with Crippen LogP contribution >= 0.6 is 0 Å². The lowest BCUT2D eigenvalue weighted by Crippen LogP contribution is -2.29. The monoisotopic (exact) mass is 284 g/mol. The summed E-state index contributed by atoms with van der Waals surface area (Å²) in [5.41, 5.74) is 7.99. The van der Waals surface area contributed by atoms with Crippen molar-refractivity contribution in [3.63, 3.8) is 0 Å². The van der Waals surface area contributed by atoms with E-state index in [0.29, 0.717) is 0 Å². The highest BCUT2D eigenvalue weighted by molar-refractivity contribution is 5.81. The van der Waals surface area contributed by atoms with Crippen molar-refractivity contribution in [2.75, 3.05) is 0 Å². The number of hydrogen-bond acceptors (Lipinski definition) is 4. The van der Waals surface area contributed by atoms with Gasteiger partial charge < -0.3 is 4.42 Å². The summed E-state index contributed by atoms with van der Waals surface area (Å²) in [5.74, 6) is 6.60. The Morgan fingerprint density at radius 3 is 2.62 bits per heavy atom. The highest BCUT2D eigenvalue weighted by Gasteiger charge is 2.24. The second kappa shape index (κ2) is 5.02. The molecule has 0 bridgehead atoms. The molecule has 3 N–H and O–H groups in total. The highest BCUT2D eigenvalue weighted by Crippen LogP contribution is 2.32. The van der Waals surface area contributed by atoms with Crippen LogP contribution in [0, 0.1) is 20.8 Å². The average molecular weight is 284 g/mol. The number of rotatable bonds is 3. The molecule has 0 amide bonds. The Hall–Kier alpha value is -2.11. The number of fused-ring (bicyclic) bond motifs is 1. The maximum atomic E-state index is 6.05. The Labute approximate surface area is 123 Å². The van der Waals surface area contributed by atoms with Gasteiger partial charge in [-0.05, 0) is 32.4 Å². The topological polar surface area (TPSA) is 69.0 Å². The van der Waals surface area contributed by atoms with E-state index in [-0.39, 0.29) is 6.04 Å². The summed E-state index contributed by atoms with van der Waals surface area (Å²) < 4.78 is 7.91. The number of nitrogens with one attached hydrogen (secondary N) is 1. The molecule has 0 spiro atoms. The van der Waals surface area contributed by atoms with Crippen LogP contribution in [0.1, 0.15) is 34.3 Å². The summed E-state index contributed by atoms with van der Waals surface area (Å²) in [7, 11) is 1.93. The lowest BCUT2D eigenvalue weighted by atomic mass is 10.0. The molecular formula is C16H20N4O. The van der Waals surface area contributed by atoms with Gasteiger partial charge in [0.15, 0.2) is 0 Å². The summed E-state index contributed by atoms with van der Waals surface area (Å²) >= 11 is 0. The fourth-order valence-corrected chi connectivity index (χ4v) is 2.89. The number of nitrogens with zero attached hydrogens (tertiary/aromatic N) is 2. The molecule has 21 heavy (non-hydrogen) atoms. The average Bonchev–Trinajstić information content (AvgIpc) is 2.97. The predicted molar refractivity (Wildman–Crippen MR) is 82.8 cm³/mol. The quantitative estimate of drug-likeness (QED) is 0.573. The van der Waals surface area contributed by atoms with Crippen molar-refractivity contribution >= 4 is 11.0 Å². The first-order valence-corrected chi connectivity index (χ1v) is 6.98. The van der Waals surface area contributed by atoms with Crippen LogP contribution in [0.25, 0.3) is 11.0 Å². The zero-order chi connectivity index (χ0) is 15.1. The first kappa shape index (κ1) is 13.9. The van der Waals surface area contributed by atoms with Gasteiger partial charge in [-0.3, -0.25) is 10.5 Å². The molecule has 1 aromatic carbocycles. The van der Waals surface area contributed by atoms with Crippen LogP contribution in [0.4, 0.5) is 0 Å². The molecule has 0 aliphatic carbocycles. The van der Waals surface area contributed by atoms with Crippen LogP contribution in [0.3, 0.4) is 0 Å². The van der Waals surface area contributed by atoms with E-state index in [0.717, 1.165) is 39.2 Å². The molecular weight excluding hydrogens is 264 g/mol. The Morgan fingerprint density at radius 2 is 2.05 bits per heavy atom.